The minimum Gasteiger partial charge on any atom is -0.350 e. The molecule has 0 heterocycles. The highest BCUT2D eigenvalue weighted by Crippen LogP contribution is 2.26. The molecule has 2 amide bonds. The van der Waals surface area contributed by atoms with E-state index >= 15 is 0 Å². The van der Waals surface area contributed by atoms with Crippen LogP contribution in [0.5, 0.6) is 0 Å². The topological polar surface area (TPSA) is 86.8 Å². The zero-order valence-electron chi connectivity index (χ0n) is 22.0. The zero-order chi connectivity index (χ0) is 29.0. The van der Waals surface area contributed by atoms with Gasteiger partial charge in [0, 0.05) is 12.1 Å². The summed E-state index contributed by atoms with van der Waals surface area (Å²) in [5.74, 6) is -1.63. The first-order valence-corrected chi connectivity index (χ1v) is 14.3. The van der Waals surface area contributed by atoms with Gasteiger partial charge in [0.05, 0.1) is 20.6 Å². The molecule has 0 saturated carbocycles. The highest BCUT2D eigenvalue weighted by atomic mass is 35.5. The number of rotatable bonds is 9. The van der Waals surface area contributed by atoms with Gasteiger partial charge in [-0.15, -0.1) is 0 Å². The minimum absolute atomic E-state index is 0.0445. The zero-order valence-corrected chi connectivity index (χ0v) is 24.3. The standard InChI is InChI=1S/C28H30Cl2FN3O4S/c1-19(27(36)32-28(2,3)4)33(17-20-10-15-24(29)25(30)16-20)26(35)18-34(22-13-11-21(31)12-14-22)39(37,38)23-8-6-5-7-9-23/h5-16,19H,17-18H2,1-4H3,(H,32,36). The van der Waals surface area contributed by atoms with E-state index in [1.165, 1.54) is 29.2 Å². The lowest BCUT2D eigenvalue weighted by molar-refractivity contribution is -0.140. The molecule has 1 N–H and O–H groups in total. The van der Waals surface area contributed by atoms with Crippen molar-refractivity contribution in [2.45, 2.75) is 50.7 Å². The number of benzene rings is 3. The number of halogens is 3. The van der Waals surface area contributed by atoms with Crippen LogP contribution in [0.15, 0.2) is 77.7 Å². The van der Waals surface area contributed by atoms with E-state index in [1.54, 1.807) is 43.3 Å². The normalized spacial score (nSPS) is 12.5. The van der Waals surface area contributed by atoms with Crippen LogP contribution in [-0.2, 0) is 26.2 Å². The van der Waals surface area contributed by atoms with Gasteiger partial charge in [-0.05, 0) is 81.8 Å². The lowest BCUT2D eigenvalue weighted by atomic mass is 10.1. The van der Waals surface area contributed by atoms with E-state index in [4.69, 9.17) is 23.2 Å². The minimum atomic E-state index is -4.23. The maximum atomic E-state index is 13.8. The lowest BCUT2D eigenvalue weighted by Crippen LogP contribution is -2.54. The Hall–Kier alpha value is -3.14. The van der Waals surface area contributed by atoms with Crippen LogP contribution >= 0.6 is 23.2 Å². The third-order valence-corrected chi connectivity index (χ3v) is 8.25. The van der Waals surface area contributed by atoms with Crippen LogP contribution in [0.2, 0.25) is 10.0 Å². The van der Waals surface area contributed by atoms with Gasteiger partial charge in [-0.25, -0.2) is 12.8 Å². The van der Waals surface area contributed by atoms with Gasteiger partial charge in [0.25, 0.3) is 10.0 Å². The maximum Gasteiger partial charge on any atom is 0.264 e. The highest BCUT2D eigenvalue weighted by molar-refractivity contribution is 7.92. The Morgan fingerprint density at radius 2 is 1.56 bits per heavy atom. The van der Waals surface area contributed by atoms with Crippen LogP contribution in [0.3, 0.4) is 0 Å². The summed E-state index contributed by atoms with van der Waals surface area (Å²) in [4.78, 5) is 28.2. The van der Waals surface area contributed by atoms with Crippen molar-refractivity contribution >= 4 is 50.7 Å². The van der Waals surface area contributed by atoms with E-state index in [2.05, 4.69) is 5.32 Å². The Balaban J connectivity index is 2.03. The maximum absolute atomic E-state index is 13.8. The molecule has 208 valence electrons. The van der Waals surface area contributed by atoms with Crippen molar-refractivity contribution in [1.29, 1.82) is 0 Å². The molecule has 0 spiro atoms. The first kappa shape index (κ1) is 30.4. The fraction of sp³-hybridized carbons (Fsp3) is 0.286. The smallest absolute Gasteiger partial charge is 0.264 e. The number of carbonyl (C=O) groups is 2. The first-order valence-electron chi connectivity index (χ1n) is 12.1. The summed E-state index contributed by atoms with van der Waals surface area (Å²) in [5, 5.41) is 3.45. The first-order chi connectivity index (χ1) is 18.2. The van der Waals surface area contributed by atoms with E-state index in [0.29, 0.717) is 10.6 Å². The molecule has 3 aromatic carbocycles. The van der Waals surface area contributed by atoms with Gasteiger partial charge < -0.3 is 10.2 Å². The summed E-state index contributed by atoms with van der Waals surface area (Å²) in [6.07, 6.45) is 0. The number of sulfonamides is 1. The number of hydrogen-bond acceptors (Lipinski definition) is 4. The van der Waals surface area contributed by atoms with Gasteiger partial charge in [0.2, 0.25) is 11.8 Å². The third-order valence-electron chi connectivity index (χ3n) is 5.73. The van der Waals surface area contributed by atoms with Crippen LogP contribution in [0, 0.1) is 5.82 Å². The third kappa shape index (κ3) is 7.94. The van der Waals surface area contributed by atoms with Gasteiger partial charge in [-0.1, -0.05) is 47.5 Å². The van der Waals surface area contributed by atoms with Crippen LogP contribution < -0.4 is 9.62 Å². The Bertz CT molecular complexity index is 1430. The quantitative estimate of drug-likeness (QED) is 0.347. The summed E-state index contributed by atoms with van der Waals surface area (Å²) in [6, 6.07) is 16.2. The van der Waals surface area contributed by atoms with Gasteiger partial charge in [-0.2, -0.15) is 0 Å². The highest BCUT2D eigenvalue weighted by Gasteiger charge is 2.33. The largest absolute Gasteiger partial charge is 0.350 e. The molecule has 0 aliphatic rings. The predicted octanol–water partition coefficient (Wildman–Crippen LogP) is 5.66. The van der Waals surface area contributed by atoms with Crippen LogP contribution in [0.4, 0.5) is 10.1 Å². The molecule has 1 atom stereocenters. The number of nitrogens with one attached hydrogen (secondary N) is 1. The Morgan fingerprint density at radius 1 is 0.949 bits per heavy atom. The summed E-state index contributed by atoms with van der Waals surface area (Å²) in [5.41, 5.74) is 0.114. The Labute approximate surface area is 238 Å². The summed E-state index contributed by atoms with van der Waals surface area (Å²) >= 11 is 12.2. The molecule has 0 aliphatic heterocycles. The molecule has 1 unspecified atom stereocenters. The molecule has 7 nitrogen and oxygen atoms in total. The number of nitrogens with zero attached hydrogens (tertiary/aromatic N) is 2. The number of anilines is 1. The second-order valence-corrected chi connectivity index (χ2v) is 12.7. The molecule has 3 aromatic rings. The number of amides is 2. The fourth-order valence-electron chi connectivity index (χ4n) is 3.75. The van der Waals surface area contributed by atoms with Gasteiger partial charge in [0.1, 0.15) is 18.4 Å². The van der Waals surface area contributed by atoms with Gasteiger partial charge in [0.15, 0.2) is 0 Å². The van der Waals surface area contributed by atoms with Crippen molar-refractivity contribution in [3.63, 3.8) is 0 Å². The van der Waals surface area contributed by atoms with E-state index < -0.39 is 45.8 Å². The van der Waals surface area contributed by atoms with Crippen LogP contribution in [-0.4, -0.2) is 43.3 Å². The van der Waals surface area contributed by atoms with Crippen LogP contribution in [0.25, 0.3) is 0 Å². The van der Waals surface area contributed by atoms with E-state index in [-0.39, 0.29) is 22.2 Å². The molecular formula is C28H30Cl2FN3O4S. The molecule has 0 bridgehead atoms. The summed E-state index contributed by atoms with van der Waals surface area (Å²) < 4.78 is 41.9. The van der Waals surface area contributed by atoms with E-state index in [9.17, 15) is 22.4 Å². The number of hydrogen-bond donors (Lipinski definition) is 1. The molecule has 39 heavy (non-hydrogen) atoms. The molecule has 0 aliphatic carbocycles. The predicted molar refractivity (Wildman–Crippen MR) is 152 cm³/mol. The van der Waals surface area contributed by atoms with Crippen molar-refractivity contribution in [2.24, 2.45) is 0 Å². The SMILES string of the molecule is CC(C(=O)NC(C)(C)C)N(Cc1ccc(Cl)c(Cl)c1)C(=O)CN(c1ccc(F)cc1)S(=O)(=O)c1ccccc1. The van der Waals surface area contributed by atoms with Gasteiger partial charge in [-0.3, -0.25) is 13.9 Å². The van der Waals surface area contributed by atoms with Crippen molar-refractivity contribution < 1.29 is 22.4 Å². The molecule has 0 aromatic heterocycles. The fourth-order valence-corrected chi connectivity index (χ4v) is 5.50. The van der Waals surface area contributed by atoms with Crippen molar-refractivity contribution in [1.82, 2.24) is 10.2 Å². The van der Waals surface area contributed by atoms with Crippen molar-refractivity contribution in [2.75, 3.05) is 10.8 Å². The average molecular weight is 595 g/mol. The Morgan fingerprint density at radius 3 is 2.13 bits per heavy atom. The van der Waals surface area contributed by atoms with Crippen LogP contribution in [0.1, 0.15) is 33.3 Å². The molecule has 0 saturated heterocycles. The molecule has 0 radical (unpaired) electrons. The lowest BCUT2D eigenvalue weighted by Gasteiger charge is -2.33. The summed E-state index contributed by atoms with van der Waals surface area (Å²) in [6.45, 7) is 6.31. The number of carbonyl (C=O) groups excluding carboxylic acids is 2. The molecule has 3 rings (SSSR count). The average Bonchev–Trinajstić information content (AvgIpc) is 2.87. The van der Waals surface area contributed by atoms with Crippen molar-refractivity contribution in [3.8, 4) is 0 Å². The second kappa shape index (κ2) is 12.4. The molecular weight excluding hydrogens is 564 g/mol. The van der Waals surface area contributed by atoms with Crippen molar-refractivity contribution in [3.05, 3.63) is 94.2 Å². The second-order valence-electron chi connectivity index (χ2n) is 9.99. The Kier molecular flexibility index (Phi) is 9.64. The summed E-state index contributed by atoms with van der Waals surface area (Å²) in [7, 11) is -4.23. The molecule has 0 fully saturated rings. The monoisotopic (exact) mass is 593 g/mol. The molecule has 11 heteroatoms. The van der Waals surface area contributed by atoms with Gasteiger partial charge >= 0.3 is 0 Å². The van der Waals surface area contributed by atoms with E-state index in [1.807, 2.05) is 20.8 Å². The van der Waals surface area contributed by atoms with E-state index in [0.717, 1.165) is 16.4 Å².